The molecule has 0 radical (unpaired) electrons. The van der Waals surface area contributed by atoms with Crippen molar-refractivity contribution in [3.8, 4) is 0 Å². The van der Waals surface area contributed by atoms with Crippen LogP contribution >= 0.6 is 11.3 Å². The molecule has 2 atom stereocenters. The van der Waals surface area contributed by atoms with Gasteiger partial charge in [0, 0.05) is 17.8 Å². The summed E-state index contributed by atoms with van der Waals surface area (Å²) in [5.74, 6) is 0.769. The number of carbonyl (C=O) groups is 1. The maximum Gasteiger partial charge on any atom is 0.226 e. The van der Waals surface area contributed by atoms with Crippen LogP contribution in [-0.2, 0) is 4.79 Å². The van der Waals surface area contributed by atoms with E-state index in [1.807, 2.05) is 6.92 Å². The normalized spacial score (nSPS) is 31.1. The fourth-order valence-electron chi connectivity index (χ4n) is 4.40. The molecule has 2 aliphatic carbocycles. The zero-order valence-electron chi connectivity index (χ0n) is 12.1. The quantitative estimate of drug-likeness (QED) is 0.832. The van der Waals surface area contributed by atoms with Crippen LogP contribution in [0, 0.1) is 18.3 Å². The standard InChI is InChI=1S/C16H22N2OS/c1-11-17-13(10-20-11)14-5-4-8-18(14)15(19)12-9-16(12)6-2-3-7-16/h10,12,14H,2-9H2,1H3/t12?,14-/m1/s1. The summed E-state index contributed by atoms with van der Waals surface area (Å²) in [6.45, 7) is 2.98. The molecule has 1 aromatic rings. The molecule has 3 fully saturated rings. The average molecular weight is 290 g/mol. The maximum atomic E-state index is 12.9. The van der Waals surface area contributed by atoms with Gasteiger partial charge in [-0.15, -0.1) is 11.3 Å². The number of likely N-dealkylation sites (tertiary alicyclic amines) is 1. The molecule has 1 aromatic heterocycles. The van der Waals surface area contributed by atoms with Crippen LogP contribution in [0.5, 0.6) is 0 Å². The number of rotatable bonds is 2. The third kappa shape index (κ3) is 1.92. The largest absolute Gasteiger partial charge is 0.334 e. The van der Waals surface area contributed by atoms with Crippen molar-refractivity contribution in [2.24, 2.45) is 11.3 Å². The summed E-state index contributed by atoms with van der Waals surface area (Å²) in [6, 6.07) is 0.256. The molecule has 0 aromatic carbocycles. The van der Waals surface area contributed by atoms with E-state index in [-0.39, 0.29) is 6.04 Å². The first kappa shape index (κ1) is 12.8. The van der Waals surface area contributed by atoms with Gasteiger partial charge in [-0.25, -0.2) is 4.98 Å². The molecule has 3 aliphatic rings. The van der Waals surface area contributed by atoms with Gasteiger partial charge in [0.1, 0.15) is 0 Å². The Morgan fingerprint density at radius 2 is 2.20 bits per heavy atom. The number of amides is 1. The molecule has 20 heavy (non-hydrogen) atoms. The molecule has 0 N–H and O–H groups in total. The zero-order valence-corrected chi connectivity index (χ0v) is 12.9. The Labute approximate surface area is 124 Å². The summed E-state index contributed by atoms with van der Waals surface area (Å²) in [6.07, 6.45) is 8.62. The molecular weight excluding hydrogens is 268 g/mol. The highest BCUT2D eigenvalue weighted by Crippen LogP contribution is 2.63. The number of hydrogen-bond acceptors (Lipinski definition) is 3. The summed E-state index contributed by atoms with van der Waals surface area (Å²) < 4.78 is 0. The fourth-order valence-corrected chi connectivity index (χ4v) is 5.06. The van der Waals surface area contributed by atoms with Crippen molar-refractivity contribution in [3.63, 3.8) is 0 Å². The van der Waals surface area contributed by atoms with Crippen LogP contribution in [0.3, 0.4) is 0 Å². The van der Waals surface area contributed by atoms with Crippen LogP contribution < -0.4 is 0 Å². The van der Waals surface area contributed by atoms with E-state index in [0.717, 1.165) is 36.5 Å². The summed E-state index contributed by atoms with van der Waals surface area (Å²) in [4.78, 5) is 19.6. The predicted molar refractivity (Wildman–Crippen MR) is 79.5 cm³/mol. The Balaban J connectivity index is 1.51. The van der Waals surface area contributed by atoms with Crippen LogP contribution in [0.25, 0.3) is 0 Å². The van der Waals surface area contributed by atoms with Gasteiger partial charge in [0.25, 0.3) is 0 Å². The smallest absolute Gasteiger partial charge is 0.226 e. The first-order valence-corrected chi connectivity index (χ1v) is 8.80. The second-order valence-corrected chi connectivity index (χ2v) is 7.87. The van der Waals surface area contributed by atoms with Gasteiger partial charge in [-0.2, -0.15) is 0 Å². The van der Waals surface area contributed by atoms with E-state index in [2.05, 4.69) is 15.3 Å². The lowest BCUT2D eigenvalue weighted by Crippen LogP contribution is -2.33. The Bertz CT molecular complexity index is 532. The Morgan fingerprint density at radius 1 is 1.40 bits per heavy atom. The highest BCUT2D eigenvalue weighted by atomic mass is 32.1. The molecular formula is C16H22N2OS. The number of nitrogens with zero attached hydrogens (tertiary/aromatic N) is 2. The maximum absolute atomic E-state index is 12.9. The second-order valence-electron chi connectivity index (χ2n) is 6.81. The van der Waals surface area contributed by atoms with Crippen molar-refractivity contribution in [1.82, 2.24) is 9.88 Å². The Morgan fingerprint density at radius 3 is 2.90 bits per heavy atom. The van der Waals surface area contributed by atoms with Crippen LogP contribution in [0.15, 0.2) is 5.38 Å². The summed E-state index contributed by atoms with van der Waals surface area (Å²) >= 11 is 1.70. The van der Waals surface area contributed by atoms with Gasteiger partial charge in [0.2, 0.25) is 5.91 Å². The van der Waals surface area contributed by atoms with Crippen molar-refractivity contribution in [2.45, 2.75) is 57.9 Å². The Hall–Kier alpha value is -0.900. The van der Waals surface area contributed by atoms with E-state index in [4.69, 9.17) is 0 Å². The van der Waals surface area contributed by atoms with Crippen molar-refractivity contribution in [3.05, 3.63) is 16.1 Å². The summed E-state index contributed by atoms with van der Waals surface area (Å²) in [7, 11) is 0. The zero-order chi connectivity index (χ0) is 13.7. The summed E-state index contributed by atoms with van der Waals surface area (Å²) in [5, 5.41) is 3.25. The van der Waals surface area contributed by atoms with Crippen LogP contribution in [0.4, 0.5) is 0 Å². The molecule has 0 bridgehead atoms. The lowest BCUT2D eigenvalue weighted by molar-refractivity contribution is -0.134. The predicted octanol–water partition coefficient (Wildman–Crippen LogP) is 3.70. The average Bonchev–Trinajstić information content (AvgIpc) is 2.89. The minimum Gasteiger partial charge on any atom is -0.334 e. The number of thiazole rings is 1. The fraction of sp³-hybridized carbons (Fsp3) is 0.750. The molecule has 2 heterocycles. The molecule has 1 unspecified atom stereocenters. The molecule has 1 aliphatic heterocycles. The molecule has 1 saturated heterocycles. The van der Waals surface area contributed by atoms with Gasteiger partial charge in [-0.05, 0) is 44.4 Å². The molecule has 2 saturated carbocycles. The Kier molecular flexibility index (Phi) is 2.92. The van der Waals surface area contributed by atoms with Crippen molar-refractivity contribution in [2.75, 3.05) is 6.54 Å². The number of aromatic nitrogens is 1. The van der Waals surface area contributed by atoms with E-state index in [1.54, 1.807) is 11.3 Å². The van der Waals surface area contributed by atoms with Gasteiger partial charge >= 0.3 is 0 Å². The number of aryl methyl sites for hydroxylation is 1. The minimum absolute atomic E-state index is 0.256. The van der Waals surface area contributed by atoms with Gasteiger partial charge in [-0.1, -0.05) is 12.8 Å². The van der Waals surface area contributed by atoms with Gasteiger partial charge in [0.15, 0.2) is 0 Å². The lowest BCUT2D eigenvalue weighted by Gasteiger charge is -2.24. The number of hydrogen-bond donors (Lipinski definition) is 0. The van der Waals surface area contributed by atoms with E-state index in [9.17, 15) is 4.79 Å². The molecule has 1 amide bonds. The second kappa shape index (κ2) is 4.55. The van der Waals surface area contributed by atoms with Gasteiger partial charge < -0.3 is 4.90 Å². The summed E-state index contributed by atoms with van der Waals surface area (Å²) in [5.41, 5.74) is 1.54. The minimum atomic E-state index is 0.256. The molecule has 108 valence electrons. The lowest BCUT2D eigenvalue weighted by atomic mass is 10.0. The third-order valence-electron chi connectivity index (χ3n) is 5.60. The van der Waals surface area contributed by atoms with Crippen LogP contribution in [0.1, 0.15) is 61.7 Å². The molecule has 1 spiro atoms. The van der Waals surface area contributed by atoms with Crippen molar-refractivity contribution < 1.29 is 4.79 Å². The highest BCUT2D eigenvalue weighted by molar-refractivity contribution is 7.09. The third-order valence-corrected chi connectivity index (χ3v) is 6.39. The van der Waals surface area contributed by atoms with Gasteiger partial charge in [-0.3, -0.25) is 4.79 Å². The SMILES string of the molecule is Cc1nc([C@H]2CCCN2C(=O)C2CC23CCCC3)cs1. The van der Waals surface area contributed by atoms with E-state index in [0.29, 0.717) is 17.2 Å². The first-order valence-electron chi connectivity index (χ1n) is 7.92. The first-order chi connectivity index (χ1) is 9.70. The van der Waals surface area contributed by atoms with E-state index >= 15 is 0 Å². The topological polar surface area (TPSA) is 33.2 Å². The molecule has 4 rings (SSSR count). The monoisotopic (exact) mass is 290 g/mol. The van der Waals surface area contributed by atoms with Crippen LogP contribution in [-0.4, -0.2) is 22.3 Å². The van der Waals surface area contributed by atoms with Crippen molar-refractivity contribution >= 4 is 17.2 Å². The molecule has 3 nitrogen and oxygen atoms in total. The number of carbonyl (C=O) groups excluding carboxylic acids is 1. The van der Waals surface area contributed by atoms with E-state index in [1.165, 1.54) is 25.7 Å². The molecule has 4 heteroatoms. The van der Waals surface area contributed by atoms with E-state index < -0.39 is 0 Å². The van der Waals surface area contributed by atoms with Crippen molar-refractivity contribution in [1.29, 1.82) is 0 Å². The van der Waals surface area contributed by atoms with Gasteiger partial charge in [0.05, 0.1) is 16.7 Å². The highest BCUT2D eigenvalue weighted by Gasteiger charge is 2.60. The van der Waals surface area contributed by atoms with Crippen LogP contribution in [0.2, 0.25) is 0 Å².